The summed E-state index contributed by atoms with van der Waals surface area (Å²) in [4.78, 5) is 14.6. The van der Waals surface area contributed by atoms with Crippen LogP contribution in [-0.2, 0) is 0 Å². The van der Waals surface area contributed by atoms with Gasteiger partial charge in [0.05, 0.1) is 24.3 Å². The Labute approximate surface area is 162 Å². The number of para-hydroxylation sites is 1. The Morgan fingerprint density at radius 3 is 2.41 bits per heavy atom. The lowest BCUT2D eigenvalue weighted by molar-refractivity contribution is 0.0483. The van der Waals surface area contributed by atoms with E-state index in [4.69, 9.17) is 4.74 Å². The molecular weight excluding hydrogens is 338 g/mol. The molecule has 0 saturated heterocycles. The molecule has 1 amide bonds. The first-order chi connectivity index (χ1) is 13.1. The molecule has 0 aliphatic heterocycles. The van der Waals surface area contributed by atoms with Crippen molar-refractivity contribution in [1.82, 2.24) is 4.90 Å². The third kappa shape index (κ3) is 5.83. The Morgan fingerprint density at radius 1 is 1.04 bits per heavy atom. The summed E-state index contributed by atoms with van der Waals surface area (Å²) >= 11 is 0. The van der Waals surface area contributed by atoms with Crippen molar-refractivity contribution < 1.29 is 14.6 Å². The van der Waals surface area contributed by atoms with Crippen molar-refractivity contribution in [2.45, 2.75) is 51.7 Å². The summed E-state index contributed by atoms with van der Waals surface area (Å²) in [6.45, 7) is 4.63. The number of aliphatic hydroxyl groups is 1. The van der Waals surface area contributed by atoms with Crippen LogP contribution in [0.3, 0.4) is 0 Å². The lowest BCUT2D eigenvalue weighted by Gasteiger charge is -2.29. The molecule has 0 aliphatic carbocycles. The van der Waals surface area contributed by atoms with Crippen molar-refractivity contribution >= 4 is 5.91 Å². The Kier molecular flexibility index (Phi) is 8.34. The van der Waals surface area contributed by atoms with E-state index >= 15 is 0 Å². The molecule has 2 aromatic rings. The van der Waals surface area contributed by atoms with E-state index in [2.05, 4.69) is 6.92 Å². The largest absolute Gasteiger partial charge is 0.493 e. The van der Waals surface area contributed by atoms with Crippen molar-refractivity contribution in [2.75, 3.05) is 13.7 Å². The molecule has 2 aromatic carbocycles. The molecule has 0 heterocycles. The number of hydrogen-bond acceptors (Lipinski definition) is 3. The minimum absolute atomic E-state index is 0.151. The third-order valence-electron chi connectivity index (χ3n) is 4.90. The second-order valence-electron chi connectivity index (χ2n) is 6.92. The van der Waals surface area contributed by atoms with E-state index in [1.807, 2.05) is 55.5 Å². The number of likely N-dealkylation sites (N-methyl/N-ethyl adjacent to an activating group) is 1. The predicted molar refractivity (Wildman–Crippen MR) is 109 cm³/mol. The fourth-order valence-corrected chi connectivity index (χ4v) is 3.00. The fourth-order valence-electron chi connectivity index (χ4n) is 3.00. The lowest BCUT2D eigenvalue weighted by atomic mass is 10.0. The molecule has 0 fully saturated rings. The number of benzene rings is 2. The quantitative estimate of drug-likeness (QED) is 0.610. The first kappa shape index (κ1) is 21.0. The molecule has 0 saturated carbocycles. The van der Waals surface area contributed by atoms with Gasteiger partial charge in [-0.05, 0) is 31.0 Å². The van der Waals surface area contributed by atoms with Gasteiger partial charge in [0.25, 0.3) is 5.91 Å². The summed E-state index contributed by atoms with van der Waals surface area (Å²) < 4.78 is 5.87. The van der Waals surface area contributed by atoms with Gasteiger partial charge in [0.15, 0.2) is 0 Å². The number of aliphatic hydroxyl groups excluding tert-OH is 1. The molecule has 2 rings (SSSR count). The van der Waals surface area contributed by atoms with E-state index < -0.39 is 6.10 Å². The zero-order chi connectivity index (χ0) is 19.6. The highest BCUT2D eigenvalue weighted by Gasteiger charge is 2.26. The van der Waals surface area contributed by atoms with Gasteiger partial charge >= 0.3 is 0 Å². The maximum Gasteiger partial charge on any atom is 0.257 e. The summed E-state index contributed by atoms with van der Waals surface area (Å²) in [7, 11) is 1.72. The molecule has 2 atom stereocenters. The van der Waals surface area contributed by atoms with Gasteiger partial charge in [0, 0.05) is 7.05 Å². The second kappa shape index (κ2) is 10.7. The number of carbonyl (C=O) groups is 1. The van der Waals surface area contributed by atoms with Gasteiger partial charge in [0.2, 0.25) is 0 Å². The summed E-state index contributed by atoms with van der Waals surface area (Å²) in [6.07, 6.45) is 3.74. The van der Waals surface area contributed by atoms with E-state index in [1.54, 1.807) is 18.0 Å². The first-order valence-corrected chi connectivity index (χ1v) is 9.78. The molecule has 4 nitrogen and oxygen atoms in total. The van der Waals surface area contributed by atoms with Crippen LogP contribution in [0.5, 0.6) is 5.75 Å². The molecule has 0 spiro atoms. The maximum absolute atomic E-state index is 13.0. The number of unbranched alkanes of at least 4 members (excludes halogenated alkanes) is 3. The standard InChI is InChI=1S/C23H31NO3/c1-4-5-6-12-17-27-21-16-11-10-15-20(21)23(26)24(3)18(2)22(25)19-13-8-7-9-14-19/h7-11,13-16,18,22,25H,4-6,12,17H2,1-3H3. The van der Waals surface area contributed by atoms with Gasteiger partial charge in [-0.15, -0.1) is 0 Å². The number of amides is 1. The van der Waals surface area contributed by atoms with Crippen molar-refractivity contribution in [3.8, 4) is 5.75 Å². The van der Waals surface area contributed by atoms with Crippen LogP contribution in [0.2, 0.25) is 0 Å². The molecule has 0 bridgehead atoms. The summed E-state index contributed by atoms with van der Waals surface area (Å²) in [5.41, 5.74) is 1.33. The number of carbonyl (C=O) groups excluding carboxylic acids is 1. The van der Waals surface area contributed by atoms with Crippen LogP contribution in [0.25, 0.3) is 0 Å². The van der Waals surface area contributed by atoms with Gasteiger partial charge in [-0.25, -0.2) is 0 Å². The Balaban J connectivity index is 2.05. The van der Waals surface area contributed by atoms with E-state index in [0.717, 1.165) is 18.4 Å². The lowest BCUT2D eigenvalue weighted by Crippen LogP contribution is -2.39. The predicted octanol–water partition coefficient (Wildman–Crippen LogP) is 4.84. The van der Waals surface area contributed by atoms with Crippen molar-refractivity contribution in [1.29, 1.82) is 0 Å². The van der Waals surface area contributed by atoms with Crippen molar-refractivity contribution in [2.24, 2.45) is 0 Å². The number of ether oxygens (including phenoxy) is 1. The monoisotopic (exact) mass is 369 g/mol. The second-order valence-corrected chi connectivity index (χ2v) is 6.92. The zero-order valence-corrected chi connectivity index (χ0v) is 16.6. The normalized spacial score (nSPS) is 13.0. The zero-order valence-electron chi connectivity index (χ0n) is 16.6. The minimum atomic E-state index is -0.748. The van der Waals surface area contributed by atoms with Gasteiger partial charge < -0.3 is 14.7 Å². The molecule has 0 aliphatic rings. The SMILES string of the molecule is CCCCCCOc1ccccc1C(=O)N(C)C(C)C(O)c1ccccc1. The molecule has 1 N–H and O–H groups in total. The highest BCUT2D eigenvalue weighted by Crippen LogP contribution is 2.25. The van der Waals surface area contributed by atoms with Gasteiger partial charge in [-0.2, -0.15) is 0 Å². The highest BCUT2D eigenvalue weighted by molar-refractivity contribution is 5.97. The van der Waals surface area contributed by atoms with Crippen LogP contribution in [0, 0.1) is 0 Å². The van der Waals surface area contributed by atoms with Crippen LogP contribution in [-0.4, -0.2) is 35.6 Å². The maximum atomic E-state index is 13.0. The van der Waals surface area contributed by atoms with Crippen molar-refractivity contribution in [3.63, 3.8) is 0 Å². The average Bonchev–Trinajstić information content (AvgIpc) is 2.72. The Bertz CT molecular complexity index is 702. The van der Waals surface area contributed by atoms with Crippen LogP contribution in [0.15, 0.2) is 54.6 Å². The van der Waals surface area contributed by atoms with Crippen molar-refractivity contribution in [3.05, 3.63) is 65.7 Å². The van der Waals surface area contributed by atoms with Crippen LogP contribution in [0.4, 0.5) is 0 Å². The van der Waals surface area contributed by atoms with E-state index in [9.17, 15) is 9.90 Å². The van der Waals surface area contributed by atoms with Crippen LogP contribution >= 0.6 is 0 Å². The molecule has 2 unspecified atom stereocenters. The van der Waals surface area contributed by atoms with Gasteiger partial charge in [-0.3, -0.25) is 4.79 Å². The number of hydrogen-bond donors (Lipinski definition) is 1. The fraction of sp³-hybridized carbons (Fsp3) is 0.435. The van der Waals surface area contributed by atoms with E-state index in [1.165, 1.54) is 12.8 Å². The van der Waals surface area contributed by atoms with Gasteiger partial charge in [-0.1, -0.05) is 68.7 Å². The smallest absolute Gasteiger partial charge is 0.257 e. The Morgan fingerprint density at radius 2 is 1.70 bits per heavy atom. The molecule has 4 heteroatoms. The number of rotatable bonds is 10. The van der Waals surface area contributed by atoms with E-state index in [0.29, 0.717) is 17.9 Å². The van der Waals surface area contributed by atoms with Crippen LogP contribution < -0.4 is 4.74 Å². The molecule has 0 radical (unpaired) electrons. The average molecular weight is 370 g/mol. The minimum Gasteiger partial charge on any atom is -0.493 e. The first-order valence-electron chi connectivity index (χ1n) is 9.78. The molecule has 146 valence electrons. The molecular formula is C23H31NO3. The molecule has 0 aromatic heterocycles. The highest BCUT2D eigenvalue weighted by atomic mass is 16.5. The molecule has 27 heavy (non-hydrogen) atoms. The summed E-state index contributed by atoms with van der Waals surface area (Å²) in [5.74, 6) is 0.453. The number of nitrogens with zero attached hydrogens (tertiary/aromatic N) is 1. The van der Waals surface area contributed by atoms with Gasteiger partial charge in [0.1, 0.15) is 5.75 Å². The Hall–Kier alpha value is -2.33. The van der Waals surface area contributed by atoms with E-state index in [-0.39, 0.29) is 11.9 Å². The third-order valence-corrected chi connectivity index (χ3v) is 4.90. The summed E-state index contributed by atoms with van der Waals surface area (Å²) in [6, 6.07) is 16.4. The topological polar surface area (TPSA) is 49.8 Å². The summed E-state index contributed by atoms with van der Waals surface area (Å²) in [5, 5.41) is 10.6. The van der Waals surface area contributed by atoms with Crippen LogP contribution in [0.1, 0.15) is 61.6 Å².